The van der Waals surface area contributed by atoms with Gasteiger partial charge in [0.05, 0.1) is 18.1 Å². The SMILES string of the molecule is CC(=N)N1CCC(Oc2ccc(N(CC(F)=Cc3cccc(C(=N)N)c3)S(=O)(=O)CC(=O)O)cc2)CC1. The standard InChI is InChI=1S/C25H30FN5O5S/c1-17(27)30-11-9-23(10-12-30)36-22-7-5-21(6-8-22)31(37(34,35)16-24(32)33)15-20(26)14-18-3-2-4-19(13-18)25(28)29/h2-8,13-14,23,27H,9-12,15-16H2,1H3,(H3,28,29)(H,32,33). The summed E-state index contributed by atoms with van der Waals surface area (Å²) >= 11 is 0. The molecule has 1 aliphatic rings. The van der Waals surface area contributed by atoms with Gasteiger partial charge in [0.25, 0.3) is 0 Å². The fourth-order valence-electron chi connectivity index (χ4n) is 3.94. The second-order valence-corrected chi connectivity index (χ2v) is 10.6. The van der Waals surface area contributed by atoms with Crippen molar-refractivity contribution in [1.82, 2.24) is 4.90 Å². The van der Waals surface area contributed by atoms with Crippen molar-refractivity contribution in [3.8, 4) is 5.75 Å². The Morgan fingerprint density at radius 2 is 1.86 bits per heavy atom. The Morgan fingerprint density at radius 3 is 2.43 bits per heavy atom. The molecular formula is C25H30FN5O5S. The van der Waals surface area contributed by atoms with E-state index in [0.29, 0.717) is 40.1 Å². The summed E-state index contributed by atoms with van der Waals surface area (Å²) in [5.41, 5.74) is 6.30. The van der Waals surface area contributed by atoms with Crippen molar-refractivity contribution < 1.29 is 27.4 Å². The number of carboxylic acids is 1. The molecular weight excluding hydrogens is 501 g/mol. The number of hydrogen-bond donors (Lipinski definition) is 4. The highest BCUT2D eigenvalue weighted by Gasteiger charge is 2.27. The normalized spacial score (nSPS) is 14.8. The molecule has 2 aromatic carbocycles. The number of carbonyl (C=O) groups is 1. The molecule has 0 aromatic heterocycles. The van der Waals surface area contributed by atoms with E-state index in [-0.39, 0.29) is 17.6 Å². The fourth-order valence-corrected chi connectivity index (χ4v) is 5.17. The highest BCUT2D eigenvalue weighted by Crippen LogP contribution is 2.26. The van der Waals surface area contributed by atoms with Crippen molar-refractivity contribution in [3.63, 3.8) is 0 Å². The van der Waals surface area contributed by atoms with E-state index in [2.05, 4.69) is 0 Å². The van der Waals surface area contributed by atoms with E-state index in [4.69, 9.17) is 26.4 Å². The molecule has 37 heavy (non-hydrogen) atoms. The number of nitrogens with zero attached hydrogens (tertiary/aromatic N) is 2. The van der Waals surface area contributed by atoms with Gasteiger partial charge in [-0.2, -0.15) is 0 Å². The van der Waals surface area contributed by atoms with Crippen molar-refractivity contribution in [1.29, 1.82) is 10.8 Å². The Labute approximate surface area is 215 Å². The predicted molar refractivity (Wildman–Crippen MR) is 140 cm³/mol. The summed E-state index contributed by atoms with van der Waals surface area (Å²) < 4.78 is 47.3. The first-order chi connectivity index (χ1) is 17.4. The highest BCUT2D eigenvalue weighted by atomic mass is 32.2. The van der Waals surface area contributed by atoms with Crippen LogP contribution in [0.1, 0.15) is 30.9 Å². The lowest BCUT2D eigenvalue weighted by Crippen LogP contribution is -2.40. The third kappa shape index (κ3) is 7.78. The van der Waals surface area contributed by atoms with Crippen LogP contribution in [-0.2, 0) is 14.8 Å². The molecule has 3 rings (SSSR count). The van der Waals surface area contributed by atoms with E-state index in [1.807, 2.05) is 4.90 Å². The van der Waals surface area contributed by atoms with Crippen molar-refractivity contribution >= 4 is 39.4 Å². The number of halogens is 1. The molecule has 10 nitrogen and oxygen atoms in total. The van der Waals surface area contributed by atoms with E-state index in [0.717, 1.165) is 18.9 Å². The Kier molecular flexibility index (Phi) is 8.87. The number of hydrogen-bond acceptors (Lipinski definition) is 6. The first kappa shape index (κ1) is 27.7. The van der Waals surface area contributed by atoms with Gasteiger partial charge in [-0.15, -0.1) is 0 Å². The minimum Gasteiger partial charge on any atom is -0.490 e. The van der Waals surface area contributed by atoms with Crippen LogP contribution in [0.25, 0.3) is 6.08 Å². The molecule has 5 N–H and O–H groups in total. The van der Waals surface area contributed by atoms with Gasteiger partial charge in [-0.05, 0) is 48.9 Å². The molecule has 1 fully saturated rings. The lowest BCUT2D eigenvalue weighted by Gasteiger charge is -2.32. The topological polar surface area (TPSA) is 161 Å². The summed E-state index contributed by atoms with van der Waals surface area (Å²) in [6.45, 7) is 2.44. The number of nitrogen functional groups attached to an aromatic ring is 1. The molecule has 0 bridgehead atoms. The zero-order valence-electron chi connectivity index (χ0n) is 20.4. The van der Waals surface area contributed by atoms with Gasteiger partial charge in [0.2, 0.25) is 10.0 Å². The predicted octanol–water partition coefficient (Wildman–Crippen LogP) is 3.04. The number of anilines is 1. The van der Waals surface area contributed by atoms with Gasteiger partial charge < -0.3 is 20.5 Å². The second kappa shape index (κ2) is 11.9. The van der Waals surface area contributed by atoms with Gasteiger partial charge in [-0.25, -0.2) is 12.8 Å². The van der Waals surface area contributed by atoms with Gasteiger partial charge in [0, 0.05) is 31.5 Å². The quantitative estimate of drug-likeness (QED) is 0.271. The maximum atomic E-state index is 15.0. The average Bonchev–Trinajstić information content (AvgIpc) is 2.83. The van der Waals surface area contributed by atoms with E-state index < -0.39 is 34.1 Å². The highest BCUT2D eigenvalue weighted by molar-refractivity contribution is 7.93. The molecule has 0 amide bonds. The van der Waals surface area contributed by atoms with Crippen LogP contribution < -0.4 is 14.8 Å². The molecule has 1 aliphatic heterocycles. The number of carboxylic acid groups (broad SMARTS) is 1. The molecule has 2 aromatic rings. The largest absolute Gasteiger partial charge is 0.490 e. The summed E-state index contributed by atoms with van der Waals surface area (Å²) in [7, 11) is -4.41. The Bertz CT molecular complexity index is 1290. The van der Waals surface area contributed by atoms with E-state index in [1.165, 1.54) is 18.2 Å². The summed E-state index contributed by atoms with van der Waals surface area (Å²) in [5, 5.41) is 24.3. The van der Waals surface area contributed by atoms with Crippen LogP contribution in [-0.4, -0.2) is 67.6 Å². The van der Waals surface area contributed by atoms with Crippen molar-refractivity contribution in [2.45, 2.75) is 25.9 Å². The molecule has 0 radical (unpaired) electrons. The number of sulfonamides is 1. The lowest BCUT2D eigenvalue weighted by atomic mass is 10.1. The Morgan fingerprint density at radius 1 is 1.22 bits per heavy atom. The first-order valence-corrected chi connectivity index (χ1v) is 13.1. The fraction of sp³-hybridized carbons (Fsp3) is 0.320. The van der Waals surface area contributed by atoms with Crippen LogP contribution in [0.15, 0.2) is 54.4 Å². The smallest absolute Gasteiger partial charge is 0.320 e. The molecule has 0 spiro atoms. The van der Waals surface area contributed by atoms with Crippen LogP contribution in [0.5, 0.6) is 5.75 Å². The van der Waals surface area contributed by atoms with E-state index in [9.17, 15) is 17.6 Å². The molecule has 0 atom stereocenters. The number of nitrogens with one attached hydrogen (secondary N) is 2. The average molecular weight is 532 g/mol. The van der Waals surface area contributed by atoms with E-state index >= 15 is 0 Å². The summed E-state index contributed by atoms with van der Waals surface area (Å²) in [5.74, 6) is -2.78. The minimum absolute atomic E-state index is 0.0561. The number of rotatable bonds is 10. The molecule has 0 saturated carbocycles. The maximum absolute atomic E-state index is 15.0. The Balaban J connectivity index is 1.79. The van der Waals surface area contributed by atoms with Crippen LogP contribution in [0.3, 0.4) is 0 Å². The van der Waals surface area contributed by atoms with Crippen LogP contribution in [0.2, 0.25) is 0 Å². The summed E-state index contributed by atoms with van der Waals surface area (Å²) in [6, 6.07) is 12.2. The van der Waals surface area contributed by atoms with Gasteiger partial charge >= 0.3 is 5.97 Å². The van der Waals surface area contributed by atoms with Gasteiger partial charge in [0.1, 0.15) is 23.5 Å². The first-order valence-electron chi connectivity index (χ1n) is 11.5. The zero-order valence-corrected chi connectivity index (χ0v) is 21.2. The summed E-state index contributed by atoms with van der Waals surface area (Å²) in [4.78, 5) is 13.2. The van der Waals surface area contributed by atoms with E-state index in [1.54, 1.807) is 37.3 Å². The van der Waals surface area contributed by atoms with Crippen LogP contribution in [0, 0.1) is 10.8 Å². The number of nitrogens with two attached hydrogens (primary N) is 1. The van der Waals surface area contributed by atoms with Gasteiger partial charge in [0.15, 0.2) is 5.75 Å². The number of amidine groups is 2. The third-order valence-corrected chi connectivity index (χ3v) is 7.42. The van der Waals surface area contributed by atoms with Crippen LogP contribution >= 0.6 is 0 Å². The van der Waals surface area contributed by atoms with Crippen molar-refractivity contribution in [2.75, 3.05) is 29.7 Å². The number of piperidine rings is 1. The lowest BCUT2D eigenvalue weighted by molar-refractivity contribution is -0.134. The molecule has 1 saturated heterocycles. The maximum Gasteiger partial charge on any atom is 0.320 e. The van der Waals surface area contributed by atoms with Crippen molar-refractivity contribution in [3.05, 3.63) is 65.5 Å². The monoisotopic (exact) mass is 531 g/mol. The van der Waals surface area contributed by atoms with Gasteiger partial charge in [-0.1, -0.05) is 18.2 Å². The Hall–Kier alpha value is -3.93. The third-order valence-electron chi connectivity index (χ3n) is 5.80. The molecule has 12 heteroatoms. The molecule has 1 heterocycles. The second-order valence-electron chi connectivity index (χ2n) is 8.67. The van der Waals surface area contributed by atoms with Crippen LogP contribution in [0.4, 0.5) is 10.1 Å². The number of likely N-dealkylation sites (tertiary alicyclic amines) is 1. The molecule has 0 unspecified atom stereocenters. The van der Waals surface area contributed by atoms with Crippen molar-refractivity contribution in [2.24, 2.45) is 5.73 Å². The minimum atomic E-state index is -4.41. The molecule has 0 aliphatic carbocycles. The number of aliphatic carboxylic acids is 1. The molecule has 198 valence electrons. The number of benzene rings is 2. The summed E-state index contributed by atoms with van der Waals surface area (Å²) in [6.07, 6.45) is 2.52. The van der Waals surface area contributed by atoms with Gasteiger partial charge in [-0.3, -0.25) is 19.9 Å². The zero-order chi connectivity index (χ0) is 27.2. The number of ether oxygens (including phenoxy) is 1.